The van der Waals surface area contributed by atoms with Crippen LogP contribution >= 0.6 is 15.9 Å². The molecule has 0 aliphatic carbocycles. The first-order valence-electron chi connectivity index (χ1n) is 3.95. The molecular weight excluding hydrogens is 218 g/mol. The van der Waals surface area contributed by atoms with Gasteiger partial charge in [-0.05, 0) is 47.0 Å². The summed E-state index contributed by atoms with van der Waals surface area (Å²) in [5.41, 5.74) is 2.31. The number of phenols is 1. The van der Waals surface area contributed by atoms with E-state index < -0.39 is 0 Å². The van der Waals surface area contributed by atoms with Crippen LogP contribution in [0.5, 0.6) is 5.75 Å². The Balaban J connectivity index is 2.54. The van der Waals surface area contributed by atoms with Crippen molar-refractivity contribution in [3.63, 3.8) is 0 Å². The highest BCUT2D eigenvalue weighted by molar-refractivity contribution is 9.10. The van der Waals surface area contributed by atoms with Crippen LogP contribution in [0.2, 0.25) is 0 Å². The summed E-state index contributed by atoms with van der Waals surface area (Å²) in [6, 6.07) is 4.09. The first kappa shape index (κ1) is 7.92. The molecule has 0 bridgehead atoms. The smallest absolute Gasteiger partial charge is 0.130 e. The summed E-state index contributed by atoms with van der Waals surface area (Å²) in [6.07, 6.45) is 0.977. The molecule has 1 aromatic carbocycles. The summed E-state index contributed by atoms with van der Waals surface area (Å²) in [4.78, 5) is 0. The van der Waals surface area contributed by atoms with Crippen LogP contribution in [-0.4, -0.2) is 11.1 Å². The topological polar surface area (TPSA) is 32.3 Å². The summed E-state index contributed by atoms with van der Waals surface area (Å²) in [5.74, 6) is 0.324. The van der Waals surface area contributed by atoms with Crippen LogP contribution in [0.25, 0.3) is 0 Å². The maximum Gasteiger partial charge on any atom is 0.130 e. The van der Waals surface area contributed by atoms with Crippen LogP contribution in [0.3, 0.4) is 0 Å². The molecule has 2 N–H and O–H groups in total. The van der Waals surface area contributed by atoms with Crippen LogP contribution in [0.1, 0.15) is 12.5 Å². The molecule has 0 aromatic heterocycles. The van der Waals surface area contributed by atoms with E-state index in [2.05, 4.69) is 28.2 Å². The highest BCUT2D eigenvalue weighted by atomic mass is 79.9. The monoisotopic (exact) mass is 227 g/mol. The molecule has 0 saturated heterocycles. The van der Waals surface area contributed by atoms with E-state index in [1.54, 1.807) is 6.07 Å². The van der Waals surface area contributed by atoms with Crippen LogP contribution in [0.15, 0.2) is 16.6 Å². The van der Waals surface area contributed by atoms with Crippen molar-refractivity contribution in [1.82, 2.24) is 0 Å². The number of rotatable bonds is 0. The van der Waals surface area contributed by atoms with Crippen molar-refractivity contribution >= 4 is 21.6 Å². The Hall–Kier alpha value is -0.700. The predicted molar refractivity (Wildman–Crippen MR) is 52.6 cm³/mol. The van der Waals surface area contributed by atoms with Gasteiger partial charge in [0.2, 0.25) is 0 Å². The fourth-order valence-corrected chi connectivity index (χ4v) is 2.07. The zero-order valence-electron chi connectivity index (χ0n) is 6.76. The Morgan fingerprint density at radius 2 is 2.33 bits per heavy atom. The second-order valence-corrected chi connectivity index (χ2v) is 3.97. The lowest BCUT2D eigenvalue weighted by atomic mass is 10.1. The van der Waals surface area contributed by atoms with Gasteiger partial charge < -0.3 is 10.4 Å². The Bertz CT molecular complexity index is 325. The Kier molecular flexibility index (Phi) is 1.76. The van der Waals surface area contributed by atoms with Gasteiger partial charge in [0.25, 0.3) is 0 Å². The first-order chi connectivity index (χ1) is 5.68. The highest BCUT2D eigenvalue weighted by Gasteiger charge is 2.20. The van der Waals surface area contributed by atoms with E-state index in [4.69, 9.17) is 0 Å². The van der Waals surface area contributed by atoms with Crippen molar-refractivity contribution in [2.75, 3.05) is 5.32 Å². The van der Waals surface area contributed by atoms with Gasteiger partial charge in [0.05, 0.1) is 4.47 Å². The third kappa shape index (κ3) is 1.08. The fourth-order valence-electron chi connectivity index (χ4n) is 1.57. The van der Waals surface area contributed by atoms with E-state index in [-0.39, 0.29) is 0 Å². The molecule has 1 unspecified atom stereocenters. The van der Waals surface area contributed by atoms with E-state index in [0.29, 0.717) is 11.8 Å². The number of nitrogens with one attached hydrogen (secondary N) is 1. The third-order valence-electron chi connectivity index (χ3n) is 2.14. The maximum absolute atomic E-state index is 9.40. The Morgan fingerprint density at radius 1 is 1.58 bits per heavy atom. The summed E-state index contributed by atoms with van der Waals surface area (Å²) < 4.78 is 0.830. The number of phenolic OH excluding ortho intramolecular Hbond substituents is 1. The van der Waals surface area contributed by atoms with Crippen molar-refractivity contribution in [2.24, 2.45) is 0 Å². The number of halogens is 1. The van der Waals surface area contributed by atoms with E-state index >= 15 is 0 Å². The minimum atomic E-state index is 0.324. The molecule has 1 heterocycles. The summed E-state index contributed by atoms with van der Waals surface area (Å²) >= 11 is 3.37. The maximum atomic E-state index is 9.40. The van der Waals surface area contributed by atoms with E-state index in [9.17, 15) is 5.11 Å². The molecule has 1 aliphatic heterocycles. The molecule has 64 valence electrons. The number of fused-ring (bicyclic) bond motifs is 1. The van der Waals surface area contributed by atoms with Crippen LogP contribution in [0.4, 0.5) is 5.69 Å². The lowest BCUT2D eigenvalue weighted by Crippen LogP contribution is -2.08. The average molecular weight is 228 g/mol. The van der Waals surface area contributed by atoms with Gasteiger partial charge in [-0.25, -0.2) is 0 Å². The van der Waals surface area contributed by atoms with Crippen LogP contribution < -0.4 is 5.32 Å². The second kappa shape index (κ2) is 2.66. The molecule has 0 amide bonds. The molecule has 0 spiro atoms. The minimum absolute atomic E-state index is 0.324. The summed E-state index contributed by atoms with van der Waals surface area (Å²) in [7, 11) is 0. The summed E-state index contributed by atoms with van der Waals surface area (Å²) in [6.45, 7) is 2.13. The zero-order valence-corrected chi connectivity index (χ0v) is 8.35. The molecular formula is C9H10BrNO. The van der Waals surface area contributed by atoms with Crippen molar-refractivity contribution in [3.05, 3.63) is 22.2 Å². The Morgan fingerprint density at radius 3 is 3.08 bits per heavy atom. The number of hydrogen-bond acceptors (Lipinski definition) is 2. The lowest BCUT2D eigenvalue weighted by molar-refractivity contribution is 0.471. The SMILES string of the molecule is CC1Cc2c(ccc(O)c2Br)N1. The fraction of sp³-hybridized carbons (Fsp3) is 0.333. The van der Waals surface area contributed by atoms with Crippen LogP contribution in [-0.2, 0) is 6.42 Å². The number of anilines is 1. The largest absolute Gasteiger partial charge is 0.507 e. The van der Waals surface area contributed by atoms with Crippen molar-refractivity contribution < 1.29 is 5.11 Å². The molecule has 2 rings (SSSR count). The van der Waals surface area contributed by atoms with Gasteiger partial charge in [-0.2, -0.15) is 0 Å². The van der Waals surface area contributed by atoms with E-state index in [0.717, 1.165) is 16.6 Å². The second-order valence-electron chi connectivity index (χ2n) is 3.17. The number of hydrogen-bond donors (Lipinski definition) is 2. The van der Waals surface area contributed by atoms with Crippen molar-refractivity contribution in [3.8, 4) is 5.75 Å². The normalized spacial score (nSPS) is 20.3. The summed E-state index contributed by atoms with van der Waals surface area (Å²) in [5, 5.41) is 12.7. The van der Waals surface area contributed by atoms with Gasteiger partial charge in [0.1, 0.15) is 5.75 Å². The van der Waals surface area contributed by atoms with E-state index in [1.807, 2.05) is 6.07 Å². The molecule has 1 aromatic rings. The zero-order chi connectivity index (χ0) is 8.72. The van der Waals surface area contributed by atoms with Gasteiger partial charge in [-0.1, -0.05) is 0 Å². The molecule has 0 saturated carbocycles. The first-order valence-corrected chi connectivity index (χ1v) is 4.74. The molecule has 3 heteroatoms. The Labute approximate surface area is 79.7 Å². The number of benzene rings is 1. The van der Waals surface area contributed by atoms with Gasteiger partial charge >= 0.3 is 0 Å². The minimum Gasteiger partial charge on any atom is -0.507 e. The van der Waals surface area contributed by atoms with Crippen LogP contribution in [0, 0.1) is 0 Å². The lowest BCUT2D eigenvalue weighted by Gasteiger charge is -2.03. The molecule has 1 atom stereocenters. The van der Waals surface area contributed by atoms with Gasteiger partial charge in [0.15, 0.2) is 0 Å². The molecule has 1 aliphatic rings. The third-order valence-corrected chi connectivity index (χ3v) is 3.02. The highest BCUT2D eigenvalue weighted by Crippen LogP contribution is 2.37. The molecule has 2 nitrogen and oxygen atoms in total. The van der Waals surface area contributed by atoms with Gasteiger partial charge in [-0.15, -0.1) is 0 Å². The van der Waals surface area contributed by atoms with Gasteiger partial charge in [0, 0.05) is 11.7 Å². The van der Waals surface area contributed by atoms with E-state index in [1.165, 1.54) is 5.56 Å². The quantitative estimate of drug-likeness (QED) is 0.668. The standard InChI is InChI=1S/C9H10BrNO/c1-5-4-6-7(11-5)2-3-8(12)9(6)10/h2-3,5,11-12H,4H2,1H3. The van der Waals surface area contributed by atoms with Crippen molar-refractivity contribution in [1.29, 1.82) is 0 Å². The van der Waals surface area contributed by atoms with Crippen molar-refractivity contribution in [2.45, 2.75) is 19.4 Å². The molecule has 0 fully saturated rings. The predicted octanol–water partition coefficient (Wildman–Crippen LogP) is 2.51. The number of aromatic hydroxyl groups is 1. The average Bonchev–Trinajstić information content (AvgIpc) is 2.39. The van der Waals surface area contributed by atoms with Gasteiger partial charge in [-0.3, -0.25) is 0 Å². The molecule has 12 heavy (non-hydrogen) atoms. The molecule has 0 radical (unpaired) electrons.